The number of benzene rings is 2. The molecule has 0 aliphatic heterocycles. The van der Waals surface area contributed by atoms with Crippen LogP contribution < -0.4 is 10.4 Å². The molecule has 0 amide bonds. The van der Waals surface area contributed by atoms with Crippen molar-refractivity contribution in [1.29, 1.82) is 0 Å². The van der Waals surface area contributed by atoms with Gasteiger partial charge in [0.1, 0.15) is 6.61 Å². The van der Waals surface area contributed by atoms with Crippen molar-refractivity contribution in [3.05, 3.63) is 60.7 Å². The molecule has 0 N–H and O–H groups in total. The monoisotopic (exact) mass is 332 g/mol. The van der Waals surface area contributed by atoms with Gasteiger partial charge in [0.2, 0.25) is 5.24 Å². The third-order valence-electron chi connectivity index (χ3n) is 3.82. The van der Waals surface area contributed by atoms with E-state index in [1.54, 1.807) is 0 Å². The molecule has 0 saturated carbocycles. The molecule has 0 aliphatic carbocycles. The van der Waals surface area contributed by atoms with Crippen LogP contribution in [0.2, 0.25) is 5.04 Å². The van der Waals surface area contributed by atoms with Gasteiger partial charge in [0, 0.05) is 0 Å². The Bertz CT molecular complexity index is 581. The van der Waals surface area contributed by atoms with E-state index < -0.39 is 13.6 Å². The summed E-state index contributed by atoms with van der Waals surface area (Å²) in [5, 5.41) is 1.69. The first-order valence-electron chi connectivity index (χ1n) is 7.31. The molecule has 0 atom stereocenters. The van der Waals surface area contributed by atoms with Crippen molar-refractivity contribution in [3.63, 3.8) is 0 Å². The third-order valence-corrected chi connectivity index (χ3v) is 8.91. The maximum absolute atomic E-state index is 11.3. The van der Waals surface area contributed by atoms with E-state index in [1.165, 1.54) is 0 Å². The van der Waals surface area contributed by atoms with Gasteiger partial charge in [-0.1, -0.05) is 81.4 Å². The first kappa shape index (κ1) is 16.9. The molecule has 0 aliphatic rings. The van der Waals surface area contributed by atoms with Crippen LogP contribution in [0.3, 0.4) is 0 Å². The van der Waals surface area contributed by atoms with Crippen LogP contribution in [-0.4, -0.2) is 20.2 Å². The van der Waals surface area contributed by atoms with Gasteiger partial charge in [-0.3, -0.25) is 4.79 Å². The normalized spacial score (nSPS) is 12.2. The zero-order chi connectivity index (χ0) is 16.2. The summed E-state index contributed by atoms with van der Waals surface area (Å²) in [5.74, 6) is 0. The summed E-state index contributed by atoms with van der Waals surface area (Å²) in [6.45, 7) is 6.42. The van der Waals surface area contributed by atoms with Gasteiger partial charge in [-0.05, 0) is 27.0 Å². The molecule has 0 aromatic heterocycles. The fourth-order valence-electron chi connectivity index (χ4n) is 2.93. The predicted octanol–water partition coefficient (Wildman–Crippen LogP) is 3.33. The van der Waals surface area contributed by atoms with Crippen molar-refractivity contribution >= 4 is 35.5 Å². The third kappa shape index (κ3) is 3.32. The van der Waals surface area contributed by atoms with Gasteiger partial charge in [0.05, 0.1) is 0 Å². The van der Waals surface area contributed by atoms with E-state index in [9.17, 15) is 4.79 Å². The van der Waals surface area contributed by atoms with Crippen molar-refractivity contribution < 1.29 is 9.22 Å². The molecule has 0 heterocycles. The van der Waals surface area contributed by atoms with Gasteiger partial charge in [-0.25, -0.2) is 0 Å². The molecule has 22 heavy (non-hydrogen) atoms. The van der Waals surface area contributed by atoms with Crippen LogP contribution in [0.1, 0.15) is 20.8 Å². The maximum Gasteiger partial charge on any atom is 0.261 e. The Kier molecular flexibility index (Phi) is 5.22. The number of carbonyl (C=O) groups excluding carboxylic acids is 1. The Labute approximate surface area is 138 Å². The average molecular weight is 333 g/mol. The molecule has 2 rings (SSSR count). The second-order valence-corrected chi connectivity index (χ2v) is 11.0. The molecular weight excluding hydrogens is 312 g/mol. The van der Waals surface area contributed by atoms with Crippen molar-refractivity contribution in [3.8, 4) is 0 Å². The number of hydrogen-bond acceptors (Lipinski definition) is 2. The fraction of sp³-hybridized carbons (Fsp3) is 0.278. The number of hydrogen-bond donors (Lipinski definition) is 0. The smallest absolute Gasteiger partial charge is 0.261 e. The van der Waals surface area contributed by atoms with Crippen LogP contribution in [0.25, 0.3) is 0 Å². The Morgan fingerprint density at radius 3 is 1.68 bits per heavy atom. The summed E-state index contributed by atoms with van der Waals surface area (Å²) in [5.41, 5.74) is 0. The van der Waals surface area contributed by atoms with E-state index in [-0.39, 0.29) is 11.6 Å². The standard InChI is InChI=1S/C18H21ClO2Si/c1-18(2,3)22(21-14-17(19)20,15-10-6-4-7-11-15)16-12-8-5-9-13-16/h4-13H,14H2,1-3H3. The van der Waals surface area contributed by atoms with E-state index in [0.717, 1.165) is 10.4 Å². The summed E-state index contributed by atoms with van der Waals surface area (Å²) in [6.07, 6.45) is 0. The first-order valence-corrected chi connectivity index (χ1v) is 9.60. The summed E-state index contributed by atoms with van der Waals surface area (Å²) in [6, 6.07) is 20.4. The lowest BCUT2D eigenvalue weighted by Gasteiger charge is -2.42. The largest absolute Gasteiger partial charge is 0.399 e. The van der Waals surface area contributed by atoms with Crippen molar-refractivity contribution in [2.75, 3.05) is 6.61 Å². The highest BCUT2D eigenvalue weighted by atomic mass is 35.5. The summed E-state index contributed by atoms with van der Waals surface area (Å²) in [4.78, 5) is 11.3. The van der Waals surface area contributed by atoms with Gasteiger partial charge < -0.3 is 4.43 Å². The molecule has 0 bridgehead atoms. The Hall–Kier alpha value is -1.42. The quantitative estimate of drug-likeness (QED) is 0.620. The highest BCUT2D eigenvalue weighted by molar-refractivity contribution is 6.99. The van der Waals surface area contributed by atoms with Crippen LogP contribution in [0.4, 0.5) is 0 Å². The van der Waals surface area contributed by atoms with Gasteiger partial charge in [0.15, 0.2) is 0 Å². The second-order valence-electron chi connectivity index (χ2n) is 6.31. The number of rotatable bonds is 5. The first-order chi connectivity index (χ1) is 10.4. The SMILES string of the molecule is CC(C)(C)[Si](OCC(=O)Cl)(c1ccccc1)c1ccccc1. The van der Waals surface area contributed by atoms with Crippen LogP contribution in [-0.2, 0) is 9.22 Å². The summed E-state index contributed by atoms with van der Waals surface area (Å²) in [7, 11) is -2.62. The molecule has 0 fully saturated rings. The Morgan fingerprint density at radius 1 is 0.955 bits per heavy atom. The van der Waals surface area contributed by atoms with E-state index in [4.69, 9.17) is 16.0 Å². The van der Waals surface area contributed by atoms with Crippen molar-refractivity contribution in [2.45, 2.75) is 25.8 Å². The Balaban J connectivity index is 2.67. The highest BCUT2D eigenvalue weighted by Gasteiger charge is 2.50. The minimum atomic E-state index is -2.62. The maximum atomic E-state index is 11.3. The molecule has 2 nitrogen and oxygen atoms in total. The minimum Gasteiger partial charge on any atom is -0.399 e. The van der Waals surface area contributed by atoms with Crippen molar-refractivity contribution in [1.82, 2.24) is 0 Å². The molecular formula is C18H21ClO2Si. The summed E-state index contributed by atoms with van der Waals surface area (Å²) < 4.78 is 6.29. The van der Waals surface area contributed by atoms with Gasteiger partial charge in [-0.2, -0.15) is 0 Å². The average Bonchev–Trinajstić information content (AvgIpc) is 2.48. The fourth-order valence-corrected chi connectivity index (χ4v) is 7.58. The number of halogens is 1. The number of carbonyl (C=O) groups is 1. The van der Waals surface area contributed by atoms with Gasteiger partial charge in [0.25, 0.3) is 8.32 Å². The molecule has 4 heteroatoms. The van der Waals surface area contributed by atoms with Crippen LogP contribution in [0, 0.1) is 0 Å². The topological polar surface area (TPSA) is 26.3 Å². The lowest BCUT2D eigenvalue weighted by molar-refractivity contribution is -0.113. The molecule has 0 spiro atoms. The van der Waals surface area contributed by atoms with Gasteiger partial charge in [-0.15, -0.1) is 0 Å². The van der Waals surface area contributed by atoms with Gasteiger partial charge >= 0.3 is 0 Å². The molecule has 2 aromatic rings. The van der Waals surface area contributed by atoms with E-state index in [1.807, 2.05) is 36.4 Å². The van der Waals surface area contributed by atoms with Crippen LogP contribution in [0.5, 0.6) is 0 Å². The van der Waals surface area contributed by atoms with Crippen LogP contribution >= 0.6 is 11.6 Å². The molecule has 116 valence electrons. The van der Waals surface area contributed by atoms with E-state index in [2.05, 4.69) is 45.0 Å². The zero-order valence-corrected chi connectivity index (χ0v) is 14.9. The van der Waals surface area contributed by atoms with Crippen LogP contribution in [0.15, 0.2) is 60.7 Å². The minimum absolute atomic E-state index is 0.0746. The zero-order valence-electron chi connectivity index (χ0n) is 13.2. The Morgan fingerprint density at radius 2 is 1.36 bits per heavy atom. The lowest BCUT2D eigenvalue weighted by atomic mass is 10.2. The highest BCUT2D eigenvalue weighted by Crippen LogP contribution is 2.36. The van der Waals surface area contributed by atoms with E-state index >= 15 is 0 Å². The predicted molar refractivity (Wildman–Crippen MR) is 94.4 cm³/mol. The lowest BCUT2D eigenvalue weighted by Crippen LogP contribution is -2.66. The molecule has 0 radical (unpaired) electrons. The molecule has 0 saturated heterocycles. The second kappa shape index (κ2) is 6.78. The molecule has 2 aromatic carbocycles. The van der Waals surface area contributed by atoms with Crippen molar-refractivity contribution in [2.24, 2.45) is 0 Å². The summed E-state index contributed by atoms with van der Waals surface area (Å²) >= 11 is 5.57. The van der Waals surface area contributed by atoms with E-state index in [0.29, 0.717) is 0 Å². The molecule has 0 unspecified atom stereocenters.